The highest BCUT2D eigenvalue weighted by Gasteiger charge is 2.17. The molecule has 1 aromatic heterocycles. The van der Waals surface area contributed by atoms with E-state index in [2.05, 4.69) is 9.72 Å². The van der Waals surface area contributed by atoms with Crippen molar-refractivity contribution in [2.45, 2.75) is 11.8 Å². The van der Waals surface area contributed by atoms with Gasteiger partial charge in [-0.15, -0.1) is 11.8 Å². The SMILES string of the molecule is COC(=O)C(C)CSc1ccc([N+](=O)[O-])c2ccncc12. The lowest BCUT2D eigenvalue weighted by Gasteiger charge is -2.10. The van der Waals surface area contributed by atoms with Gasteiger partial charge in [0.1, 0.15) is 0 Å². The number of hydrogen-bond acceptors (Lipinski definition) is 6. The lowest BCUT2D eigenvalue weighted by molar-refractivity contribution is -0.383. The second-order valence-corrected chi connectivity index (χ2v) is 5.56. The molecular weight excluding hydrogens is 292 g/mol. The maximum absolute atomic E-state index is 11.4. The Kier molecular flexibility index (Phi) is 4.74. The molecule has 0 bridgehead atoms. The van der Waals surface area contributed by atoms with Gasteiger partial charge in [0, 0.05) is 34.5 Å². The van der Waals surface area contributed by atoms with Gasteiger partial charge in [-0.1, -0.05) is 6.92 Å². The van der Waals surface area contributed by atoms with Crippen LogP contribution in [0.1, 0.15) is 6.92 Å². The molecule has 0 fully saturated rings. The van der Waals surface area contributed by atoms with Crippen molar-refractivity contribution in [3.63, 3.8) is 0 Å². The molecule has 0 saturated carbocycles. The van der Waals surface area contributed by atoms with Gasteiger partial charge in [-0.25, -0.2) is 0 Å². The Morgan fingerprint density at radius 2 is 2.19 bits per heavy atom. The van der Waals surface area contributed by atoms with Gasteiger partial charge in [0.25, 0.3) is 5.69 Å². The van der Waals surface area contributed by atoms with Gasteiger partial charge in [0.15, 0.2) is 0 Å². The molecule has 21 heavy (non-hydrogen) atoms. The van der Waals surface area contributed by atoms with E-state index in [1.54, 1.807) is 25.3 Å². The van der Waals surface area contributed by atoms with Crippen LogP contribution < -0.4 is 0 Å². The summed E-state index contributed by atoms with van der Waals surface area (Å²) < 4.78 is 4.68. The Balaban J connectivity index is 2.31. The normalized spacial score (nSPS) is 12.1. The number of hydrogen-bond donors (Lipinski definition) is 0. The number of non-ortho nitro benzene ring substituents is 1. The summed E-state index contributed by atoms with van der Waals surface area (Å²) in [6.45, 7) is 1.78. The molecular formula is C14H14N2O4S. The number of aromatic nitrogens is 1. The minimum Gasteiger partial charge on any atom is -0.469 e. The fraction of sp³-hybridized carbons (Fsp3) is 0.286. The molecule has 1 heterocycles. The van der Waals surface area contributed by atoms with E-state index in [1.807, 2.05) is 0 Å². The van der Waals surface area contributed by atoms with Crippen LogP contribution >= 0.6 is 11.8 Å². The molecule has 2 aromatic rings. The predicted molar refractivity (Wildman–Crippen MR) is 80.3 cm³/mol. The molecule has 0 spiro atoms. The zero-order valence-electron chi connectivity index (χ0n) is 11.6. The van der Waals surface area contributed by atoms with Gasteiger partial charge in [-0.3, -0.25) is 19.9 Å². The van der Waals surface area contributed by atoms with Crippen LogP contribution in [-0.2, 0) is 9.53 Å². The van der Waals surface area contributed by atoms with Crippen molar-refractivity contribution in [2.75, 3.05) is 12.9 Å². The van der Waals surface area contributed by atoms with Crippen molar-refractivity contribution in [1.82, 2.24) is 4.98 Å². The Hall–Kier alpha value is -2.15. The number of nitro benzene ring substituents is 1. The summed E-state index contributed by atoms with van der Waals surface area (Å²) in [7, 11) is 1.36. The van der Waals surface area contributed by atoms with Gasteiger partial charge >= 0.3 is 5.97 Å². The highest BCUT2D eigenvalue weighted by molar-refractivity contribution is 7.99. The van der Waals surface area contributed by atoms with Crippen molar-refractivity contribution in [3.05, 3.63) is 40.7 Å². The van der Waals surface area contributed by atoms with Crippen molar-refractivity contribution in [1.29, 1.82) is 0 Å². The molecule has 1 aromatic carbocycles. The monoisotopic (exact) mass is 306 g/mol. The van der Waals surface area contributed by atoms with Crippen LogP contribution in [0.4, 0.5) is 5.69 Å². The maximum atomic E-state index is 11.4. The molecule has 6 nitrogen and oxygen atoms in total. The third-order valence-corrected chi connectivity index (χ3v) is 4.38. The predicted octanol–water partition coefficient (Wildman–Crippen LogP) is 3.04. The highest BCUT2D eigenvalue weighted by Crippen LogP contribution is 2.34. The smallest absolute Gasteiger partial charge is 0.309 e. The fourth-order valence-electron chi connectivity index (χ4n) is 1.92. The third kappa shape index (κ3) is 3.30. The van der Waals surface area contributed by atoms with Gasteiger partial charge in [0.2, 0.25) is 0 Å². The van der Waals surface area contributed by atoms with Crippen molar-refractivity contribution >= 4 is 34.2 Å². The molecule has 2 rings (SSSR count). The van der Waals surface area contributed by atoms with Gasteiger partial charge in [-0.05, 0) is 12.1 Å². The number of rotatable bonds is 5. The number of nitrogens with zero attached hydrogens (tertiary/aromatic N) is 2. The first-order valence-corrected chi connectivity index (χ1v) is 7.25. The summed E-state index contributed by atoms with van der Waals surface area (Å²) in [5.41, 5.74) is 0.0535. The summed E-state index contributed by atoms with van der Waals surface area (Å²) in [5.74, 6) is 0.0165. The number of nitro groups is 1. The van der Waals surface area contributed by atoms with E-state index in [9.17, 15) is 14.9 Å². The first-order chi connectivity index (χ1) is 10.0. The zero-order valence-corrected chi connectivity index (χ0v) is 12.4. The Labute approximate surface area is 125 Å². The molecule has 0 aliphatic heterocycles. The average molecular weight is 306 g/mol. The van der Waals surface area contributed by atoms with Crippen LogP contribution in [0.3, 0.4) is 0 Å². The number of fused-ring (bicyclic) bond motifs is 1. The first kappa shape index (κ1) is 15.2. The Morgan fingerprint density at radius 3 is 2.86 bits per heavy atom. The number of esters is 1. The zero-order chi connectivity index (χ0) is 15.4. The minimum absolute atomic E-state index is 0.0535. The molecule has 0 amide bonds. The number of methoxy groups -OCH3 is 1. The van der Waals surface area contributed by atoms with E-state index in [0.717, 1.165) is 4.90 Å². The Bertz CT molecular complexity index is 690. The van der Waals surface area contributed by atoms with Gasteiger partial charge in [-0.2, -0.15) is 0 Å². The van der Waals surface area contributed by atoms with Crippen LogP contribution in [0, 0.1) is 16.0 Å². The number of carbonyl (C=O) groups is 1. The topological polar surface area (TPSA) is 82.3 Å². The quantitative estimate of drug-likeness (QED) is 0.365. The largest absolute Gasteiger partial charge is 0.469 e. The molecule has 0 aliphatic carbocycles. The standard InChI is InChI=1S/C14H14N2O4S/c1-9(14(17)20-2)8-21-13-4-3-12(16(18)19)10-5-6-15-7-11(10)13/h3-7,9H,8H2,1-2H3. The molecule has 1 unspecified atom stereocenters. The average Bonchev–Trinajstić information content (AvgIpc) is 2.51. The number of thioether (sulfide) groups is 1. The van der Waals surface area contributed by atoms with Crippen molar-refractivity contribution in [2.24, 2.45) is 5.92 Å². The van der Waals surface area contributed by atoms with Gasteiger partial charge in [0.05, 0.1) is 23.3 Å². The van der Waals surface area contributed by atoms with E-state index in [-0.39, 0.29) is 17.6 Å². The van der Waals surface area contributed by atoms with Crippen LogP contribution in [0.2, 0.25) is 0 Å². The van der Waals surface area contributed by atoms with Crippen molar-refractivity contribution < 1.29 is 14.5 Å². The van der Waals surface area contributed by atoms with Crippen molar-refractivity contribution in [3.8, 4) is 0 Å². The second kappa shape index (κ2) is 6.53. The lowest BCUT2D eigenvalue weighted by atomic mass is 10.1. The molecule has 0 N–H and O–H groups in total. The number of ether oxygens (including phenoxy) is 1. The summed E-state index contributed by atoms with van der Waals surface area (Å²) in [6, 6.07) is 4.80. The maximum Gasteiger partial charge on any atom is 0.309 e. The van der Waals surface area contributed by atoms with Crippen LogP contribution in [0.5, 0.6) is 0 Å². The molecule has 1 atom stereocenters. The van der Waals surface area contributed by atoms with E-state index in [0.29, 0.717) is 16.5 Å². The van der Waals surface area contributed by atoms with E-state index in [1.165, 1.54) is 31.1 Å². The summed E-state index contributed by atoms with van der Waals surface area (Å²) in [4.78, 5) is 26.9. The lowest BCUT2D eigenvalue weighted by Crippen LogP contribution is -2.14. The summed E-state index contributed by atoms with van der Waals surface area (Å²) >= 11 is 1.46. The first-order valence-electron chi connectivity index (χ1n) is 6.26. The molecule has 110 valence electrons. The van der Waals surface area contributed by atoms with E-state index < -0.39 is 4.92 Å². The van der Waals surface area contributed by atoms with E-state index >= 15 is 0 Å². The number of carbonyl (C=O) groups excluding carboxylic acids is 1. The third-order valence-electron chi connectivity index (χ3n) is 3.04. The molecule has 7 heteroatoms. The van der Waals surface area contributed by atoms with Crippen LogP contribution in [0.25, 0.3) is 10.8 Å². The summed E-state index contributed by atoms with van der Waals surface area (Å²) in [5, 5.41) is 12.3. The second-order valence-electron chi connectivity index (χ2n) is 4.50. The molecule has 0 aliphatic rings. The summed E-state index contributed by atoms with van der Waals surface area (Å²) in [6.07, 6.45) is 3.13. The van der Waals surface area contributed by atoms with E-state index in [4.69, 9.17) is 0 Å². The highest BCUT2D eigenvalue weighted by atomic mass is 32.2. The van der Waals surface area contributed by atoms with Crippen LogP contribution in [0.15, 0.2) is 35.5 Å². The number of benzene rings is 1. The fourth-order valence-corrected chi connectivity index (χ4v) is 2.97. The number of pyridine rings is 1. The minimum atomic E-state index is -0.409. The van der Waals surface area contributed by atoms with Gasteiger partial charge < -0.3 is 4.74 Å². The molecule has 0 radical (unpaired) electrons. The Morgan fingerprint density at radius 1 is 1.43 bits per heavy atom. The molecule has 0 saturated heterocycles. The van der Waals surface area contributed by atoms with Crippen LogP contribution in [-0.4, -0.2) is 28.7 Å².